The number of carbonyl (C=O) groups is 1. The summed E-state index contributed by atoms with van der Waals surface area (Å²) in [7, 11) is 1.84. The molecule has 1 aromatic carbocycles. The van der Waals surface area contributed by atoms with Crippen LogP contribution in [0.5, 0.6) is 5.88 Å². The Kier molecular flexibility index (Phi) is 3.90. The van der Waals surface area contributed by atoms with Gasteiger partial charge in [0.2, 0.25) is 5.88 Å². The highest BCUT2D eigenvalue weighted by atomic mass is 35.5. The zero-order valence-corrected chi connectivity index (χ0v) is 14.1. The van der Waals surface area contributed by atoms with Crippen LogP contribution in [-0.2, 0) is 6.54 Å². The number of aromatic nitrogens is 1. The summed E-state index contributed by atoms with van der Waals surface area (Å²) in [6, 6.07) is 11.4. The van der Waals surface area contributed by atoms with Crippen LogP contribution in [0.3, 0.4) is 0 Å². The fraction of sp³-hybridized carbons (Fsp3) is 0.333. The molecule has 2 aliphatic heterocycles. The van der Waals surface area contributed by atoms with Crippen LogP contribution in [0, 0.1) is 0 Å². The molecule has 24 heavy (non-hydrogen) atoms. The number of halogens is 1. The first-order valence-electron chi connectivity index (χ1n) is 7.98. The highest BCUT2D eigenvalue weighted by molar-refractivity contribution is 6.31. The maximum absolute atomic E-state index is 12.7. The first kappa shape index (κ1) is 15.4. The number of carbonyl (C=O) groups excluding carboxylic acids is 1. The van der Waals surface area contributed by atoms with Crippen molar-refractivity contribution in [1.82, 2.24) is 14.8 Å². The molecule has 1 fully saturated rings. The van der Waals surface area contributed by atoms with Crippen molar-refractivity contribution in [1.29, 1.82) is 0 Å². The molecule has 0 spiro atoms. The zero-order chi connectivity index (χ0) is 16.7. The van der Waals surface area contributed by atoms with E-state index in [1.54, 1.807) is 23.2 Å². The molecule has 0 bridgehead atoms. The van der Waals surface area contributed by atoms with Gasteiger partial charge in [0.25, 0.3) is 5.91 Å². The molecule has 1 aromatic heterocycles. The van der Waals surface area contributed by atoms with Crippen molar-refractivity contribution in [2.45, 2.75) is 18.7 Å². The Morgan fingerprint density at radius 2 is 2.08 bits per heavy atom. The molecule has 2 aromatic rings. The van der Waals surface area contributed by atoms with Gasteiger partial charge in [-0.2, -0.15) is 0 Å². The van der Waals surface area contributed by atoms with Crippen molar-refractivity contribution < 1.29 is 9.53 Å². The minimum Gasteiger partial charge on any atom is -0.470 e. The maximum atomic E-state index is 12.7. The lowest BCUT2D eigenvalue weighted by atomic mass is 10.2. The Morgan fingerprint density at radius 3 is 2.92 bits per heavy atom. The number of amides is 1. The average Bonchev–Trinajstić information content (AvgIpc) is 2.94. The molecule has 3 heterocycles. The number of ether oxygens (including phenoxy) is 1. The van der Waals surface area contributed by atoms with Gasteiger partial charge in [-0.25, -0.2) is 4.98 Å². The van der Waals surface area contributed by atoms with E-state index < -0.39 is 0 Å². The number of pyridine rings is 1. The van der Waals surface area contributed by atoms with Crippen molar-refractivity contribution in [3.63, 3.8) is 0 Å². The molecule has 1 saturated heterocycles. The predicted molar refractivity (Wildman–Crippen MR) is 91.3 cm³/mol. The van der Waals surface area contributed by atoms with Crippen LogP contribution in [-0.4, -0.2) is 53.0 Å². The summed E-state index contributed by atoms with van der Waals surface area (Å²) in [5.41, 5.74) is 1.62. The number of likely N-dealkylation sites (N-methyl/N-ethyl adjacent to an activating group) is 1. The van der Waals surface area contributed by atoms with Gasteiger partial charge in [-0.3, -0.25) is 9.69 Å². The van der Waals surface area contributed by atoms with Gasteiger partial charge in [-0.1, -0.05) is 29.8 Å². The molecular weight excluding hydrogens is 326 g/mol. The Hall–Kier alpha value is -2.11. The Bertz CT molecular complexity index is 782. The summed E-state index contributed by atoms with van der Waals surface area (Å²) in [6.07, 6.45) is 1.57. The first-order chi connectivity index (χ1) is 11.6. The molecule has 2 aliphatic rings. The number of hydrogen-bond donors (Lipinski definition) is 0. The van der Waals surface area contributed by atoms with Crippen LogP contribution in [0.15, 0.2) is 42.6 Å². The SMILES string of the molecule is CN1C(=O)c2cccnc2OC2CN(Cc3ccccc3Cl)CC21. The van der Waals surface area contributed by atoms with Gasteiger partial charge in [0, 0.05) is 37.9 Å². The second-order valence-electron chi connectivity index (χ2n) is 6.28. The number of nitrogens with zero attached hydrogens (tertiary/aromatic N) is 3. The molecule has 4 rings (SSSR count). The van der Waals surface area contributed by atoms with Crippen molar-refractivity contribution in [3.05, 3.63) is 58.7 Å². The Balaban J connectivity index is 1.57. The minimum atomic E-state index is -0.0856. The summed E-state index contributed by atoms with van der Waals surface area (Å²) in [4.78, 5) is 21.0. The van der Waals surface area contributed by atoms with Crippen LogP contribution < -0.4 is 4.74 Å². The second-order valence-corrected chi connectivity index (χ2v) is 6.69. The number of hydrogen-bond acceptors (Lipinski definition) is 4. The van der Waals surface area contributed by atoms with E-state index in [-0.39, 0.29) is 18.1 Å². The van der Waals surface area contributed by atoms with Crippen LogP contribution >= 0.6 is 11.6 Å². The summed E-state index contributed by atoms with van der Waals surface area (Å²) in [5.74, 6) is 0.395. The van der Waals surface area contributed by atoms with Gasteiger partial charge in [-0.15, -0.1) is 0 Å². The topological polar surface area (TPSA) is 45.7 Å². The van der Waals surface area contributed by atoms with E-state index >= 15 is 0 Å². The fourth-order valence-corrected chi connectivity index (χ4v) is 3.64. The zero-order valence-electron chi connectivity index (χ0n) is 13.4. The smallest absolute Gasteiger partial charge is 0.259 e. The highest BCUT2D eigenvalue weighted by Crippen LogP contribution is 2.30. The normalized spacial score (nSPS) is 23.4. The quantitative estimate of drug-likeness (QED) is 0.840. The molecule has 124 valence electrons. The number of fused-ring (bicyclic) bond motifs is 2. The molecule has 0 saturated carbocycles. The lowest BCUT2D eigenvalue weighted by Gasteiger charge is -2.25. The van der Waals surface area contributed by atoms with E-state index in [2.05, 4.69) is 9.88 Å². The second kappa shape index (κ2) is 6.07. The van der Waals surface area contributed by atoms with E-state index in [9.17, 15) is 4.79 Å². The van der Waals surface area contributed by atoms with Crippen LogP contribution in [0.2, 0.25) is 5.02 Å². The molecule has 6 heteroatoms. The van der Waals surface area contributed by atoms with Gasteiger partial charge in [-0.05, 0) is 23.8 Å². The van der Waals surface area contributed by atoms with E-state index in [1.165, 1.54) is 0 Å². The molecule has 2 unspecified atom stereocenters. The predicted octanol–water partition coefficient (Wildman–Crippen LogP) is 2.45. The van der Waals surface area contributed by atoms with Gasteiger partial charge in [0.05, 0.1) is 6.04 Å². The fourth-order valence-electron chi connectivity index (χ4n) is 3.45. The highest BCUT2D eigenvalue weighted by Gasteiger charge is 2.42. The van der Waals surface area contributed by atoms with Crippen molar-refractivity contribution in [2.24, 2.45) is 0 Å². The third kappa shape index (κ3) is 2.64. The first-order valence-corrected chi connectivity index (χ1v) is 8.36. The van der Waals surface area contributed by atoms with Gasteiger partial charge in [0.1, 0.15) is 11.7 Å². The summed E-state index contributed by atoms with van der Waals surface area (Å²) in [6.45, 7) is 2.24. The van der Waals surface area contributed by atoms with Crippen molar-refractivity contribution in [3.8, 4) is 5.88 Å². The van der Waals surface area contributed by atoms with Crippen LogP contribution in [0.4, 0.5) is 0 Å². The number of rotatable bonds is 2. The lowest BCUT2D eigenvalue weighted by molar-refractivity contribution is 0.0680. The van der Waals surface area contributed by atoms with E-state index in [0.717, 1.165) is 30.2 Å². The minimum absolute atomic E-state index is 0.00851. The van der Waals surface area contributed by atoms with Gasteiger partial charge >= 0.3 is 0 Å². The summed E-state index contributed by atoms with van der Waals surface area (Å²) >= 11 is 6.27. The third-order valence-electron chi connectivity index (χ3n) is 4.75. The van der Waals surface area contributed by atoms with E-state index in [4.69, 9.17) is 16.3 Å². The molecule has 0 aliphatic carbocycles. The molecule has 0 N–H and O–H groups in total. The van der Waals surface area contributed by atoms with Crippen LogP contribution in [0.25, 0.3) is 0 Å². The molecular formula is C18H18ClN3O2. The Morgan fingerprint density at radius 1 is 1.25 bits per heavy atom. The summed E-state index contributed by atoms with van der Waals surface area (Å²) in [5, 5.41) is 0.766. The largest absolute Gasteiger partial charge is 0.470 e. The molecule has 1 amide bonds. The monoisotopic (exact) mass is 343 g/mol. The molecule has 2 atom stereocenters. The van der Waals surface area contributed by atoms with Crippen molar-refractivity contribution >= 4 is 17.5 Å². The molecule has 0 radical (unpaired) electrons. The molecule has 5 nitrogen and oxygen atoms in total. The van der Waals surface area contributed by atoms with Crippen LogP contribution in [0.1, 0.15) is 15.9 Å². The van der Waals surface area contributed by atoms with E-state index in [1.807, 2.05) is 31.3 Å². The van der Waals surface area contributed by atoms with E-state index in [0.29, 0.717) is 11.4 Å². The van der Waals surface area contributed by atoms with Gasteiger partial charge in [0.15, 0.2) is 0 Å². The standard InChI is InChI=1S/C18H18ClN3O2/c1-21-15-10-22(9-12-5-2-3-7-14(12)19)11-16(15)24-17-13(18(21)23)6-4-8-20-17/h2-8,15-16H,9-11H2,1H3. The van der Waals surface area contributed by atoms with Crippen molar-refractivity contribution in [2.75, 3.05) is 20.1 Å². The maximum Gasteiger partial charge on any atom is 0.259 e. The third-order valence-corrected chi connectivity index (χ3v) is 5.12. The lowest BCUT2D eigenvalue weighted by Crippen LogP contribution is -2.44. The number of benzene rings is 1. The van der Waals surface area contributed by atoms with Gasteiger partial charge < -0.3 is 9.64 Å². The number of likely N-dealkylation sites (tertiary alicyclic amines) is 1. The average molecular weight is 344 g/mol. The summed E-state index contributed by atoms with van der Waals surface area (Å²) < 4.78 is 6.07. The Labute approximate surface area is 145 Å².